The van der Waals surface area contributed by atoms with E-state index in [-0.39, 0.29) is 70.0 Å². The normalized spacial score (nSPS) is 19.1. The second-order valence-electron chi connectivity index (χ2n) is 17.5. The molecule has 1 N–H and O–H groups in total. The van der Waals surface area contributed by atoms with Gasteiger partial charge in [-0.3, -0.25) is 24.8 Å². The number of aromatic nitrogens is 4. The molecule has 308 valence electrons. The second kappa shape index (κ2) is 16.0. The number of fused-ring (bicyclic) bond motifs is 2. The molecule has 2 aliphatic rings. The monoisotopic (exact) mass is 822 g/mol. The number of ether oxygens (including phenoxy) is 5. The number of nitro groups is 1. The molecule has 0 saturated carbocycles. The fourth-order valence-corrected chi connectivity index (χ4v) is 8.31. The summed E-state index contributed by atoms with van der Waals surface area (Å²) in [5.41, 5.74) is 0.586. The molecule has 57 heavy (non-hydrogen) atoms. The van der Waals surface area contributed by atoms with Gasteiger partial charge in [0.15, 0.2) is 45.9 Å². The molecule has 4 atom stereocenters. The largest absolute Gasteiger partial charge is 0.484 e. The lowest BCUT2D eigenvalue weighted by Crippen LogP contribution is -2.48. The first-order valence-corrected chi connectivity index (χ1v) is 24.9. The van der Waals surface area contributed by atoms with Gasteiger partial charge in [-0.15, -0.1) is 0 Å². The summed E-state index contributed by atoms with van der Waals surface area (Å²) < 4.78 is 45.2. The van der Waals surface area contributed by atoms with Gasteiger partial charge in [-0.25, -0.2) is 4.98 Å². The zero-order valence-corrected chi connectivity index (χ0v) is 36.6. The molecule has 1 saturated heterocycles. The molecule has 6 rings (SSSR count). The third kappa shape index (κ3) is 9.25. The fourth-order valence-electron chi connectivity index (χ4n) is 5.93. The van der Waals surface area contributed by atoms with Gasteiger partial charge in [0.25, 0.3) is 11.6 Å². The number of hydrogen-bond acceptors (Lipinski definition) is 13. The summed E-state index contributed by atoms with van der Waals surface area (Å²) in [5, 5.41) is 14.8. The molecule has 4 aromatic rings. The van der Waals surface area contributed by atoms with Gasteiger partial charge in [0.2, 0.25) is 18.6 Å². The Balaban J connectivity index is 1.35. The van der Waals surface area contributed by atoms with Crippen molar-refractivity contribution in [2.75, 3.05) is 25.3 Å². The van der Waals surface area contributed by atoms with Gasteiger partial charge in [-0.05, 0) is 61.4 Å². The van der Waals surface area contributed by atoms with E-state index in [1.807, 2.05) is 6.07 Å². The lowest BCUT2D eigenvalue weighted by molar-refractivity contribution is -0.386. The van der Waals surface area contributed by atoms with Crippen LogP contribution in [0.25, 0.3) is 11.2 Å². The lowest BCUT2D eigenvalue weighted by atomic mass is 10.1. The molecule has 2 aliphatic heterocycles. The van der Waals surface area contributed by atoms with E-state index in [9.17, 15) is 14.9 Å². The first-order chi connectivity index (χ1) is 26.6. The van der Waals surface area contributed by atoms with Crippen LogP contribution in [-0.4, -0.2) is 79.2 Å². The molecule has 2 aromatic carbocycles. The molecule has 16 nitrogen and oxygen atoms in total. The fraction of sp³-hybridized carbons (Fsp3) is 0.538. The van der Waals surface area contributed by atoms with E-state index in [1.54, 1.807) is 42.1 Å². The highest BCUT2D eigenvalue weighted by Gasteiger charge is 2.47. The smallest absolute Gasteiger partial charge is 0.280 e. The van der Waals surface area contributed by atoms with Crippen molar-refractivity contribution in [3.8, 4) is 23.1 Å². The zero-order valence-electron chi connectivity index (χ0n) is 34.6. The number of imidazole rings is 1. The van der Waals surface area contributed by atoms with E-state index in [0.29, 0.717) is 30.2 Å². The summed E-state index contributed by atoms with van der Waals surface area (Å²) in [6.07, 6.45) is -0.0794. The first-order valence-electron chi connectivity index (χ1n) is 19.1. The van der Waals surface area contributed by atoms with E-state index >= 15 is 0 Å². The van der Waals surface area contributed by atoms with Crippen molar-refractivity contribution >= 4 is 45.3 Å². The van der Waals surface area contributed by atoms with Gasteiger partial charge in [0.1, 0.15) is 24.2 Å². The van der Waals surface area contributed by atoms with Crippen molar-refractivity contribution in [1.82, 2.24) is 19.5 Å². The lowest BCUT2D eigenvalue weighted by Gasteiger charge is -2.40. The van der Waals surface area contributed by atoms with Crippen molar-refractivity contribution in [3.05, 3.63) is 64.5 Å². The number of carbonyl (C=O) groups excluding carboxylic acids is 1. The Morgan fingerprint density at radius 2 is 1.68 bits per heavy atom. The van der Waals surface area contributed by atoms with Gasteiger partial charge in [-0.2, -0.15) is 9.97 Å². The van der Waals surface area contributed by atoms with Crippen LogP contribution in [0, 0.1) is 10.1 Å². The summed E-state index contributed by atoms with van der Waals surface area (Å²) in [6.45, 7) is 23.7. The average Bonchev–Trinajstić information content (AvgIpc) is 3.87. The van der Waals surface area contributed by atoms with Crippen LogP contribution in [0.4, 0.5) is 11.6 Å². The van der Waals surface area contributed by atoms with E-state index < -0.39 is 39.8 Å². The molecule has 18 heteroatoms. The summed E-state index contributed by atoms with van der Waals surface area (Å²) in [4.78, 5) is 38.7. The van der Waals surface area contributed by atoms with Crippen LogP contribution < -0.4 is 24.3 Å². The molecule has 4 heterocycles. The molecular formula is C39H54N6O10Si2. The predicted molar refractivity (Wildman–Crippen MR) is 218 cm³/mol. The molecule has 0 bridgehead atoms. The third-order valence-corrected chi connectivity index (χ3v) is 20.4. The van der Waals surface area contributed by atoms with E-state index in [1.165, 1.54) is 12.1 Å². The minimum Gasteiger partial charge on any atom is -0.484 e. The molecular weight excluding hydrogens is 769 g/mol. The standard InChI is InChI=1S/C39H54N6O10Si2/c1-24(26-17-28-29(51-23-50-28)18-27(26)45(47)48)53-36-34-35(42-37(43-36)41-32(46)21-49-25-15-13-12-14-16-25)44(22-40-34)33-19-30(55-57(10,11)39(5,6)7)31(54-33)20-52-56(8,9)38(2,3)4/h12-18,22,24,30-31,33H,19-21,23H2,1-11H3,(H,41,42,43,46)/t24?,30-,31+,33+/m0/s1. The highest BCUT2D eigenvalue weighted by Crippen LogP contribution is 2.44. The van der Waals surface area contributed by atoms with Gasteiger partial charge >= 0.3 is 0 Å². The van der Waals surface area contributed by atoms with Crippen molar-refractivity contribution in [3.63, 3.8) is 0 Å². The second-order valence-corrected chi connectivity index (χ2v) is 27.0. The number of benzene rings is 2. The van der Waals surface area contributed by atoms with Crippen LogP contribution in [0.1, 0.15) is 72.8 Å². The Kier molecular flexibility index (Phi) is 11.8. The number of nitrogens with zero attached hydrogens (tertiary/aromatic N) is 5. The molecule has 0 radical (unpaired) electrons. The van der Waals surface area contributed by atoms with E-state index in [0.717, 1.165) is 0 Å². The number of hydrogen-bond donors (Lipinski definition) is 1. The number of anilines is 1. The Morgan fingerprint density at radius 1 is 1.02 bits per heavy atom. The van der Waals surface area contributed by atoms with Gasteiger partial charge in [0.05, 0.1) is 35.6 Å². The highest BCUT2D eigenvalue weighted by atomic mass is 28.4. The van der Waals surface area contributed by atoms with Crippen LogP contribution in [0.3, 0.4) is 0 Å². The van der Waals surface area contributed by atoms with Gasteiger partial charge in [0, 0.05) is 6.42 Å². The third-order valence-electron chi connectivity index (χ3n) is 11.4. The van der Waals surface area contributed by atoms with Crippen LogP contribution in [0.2, 0.25) is 36.3 Å². The van der Waals surface area contributed by atoms with E-state index in [2.05, 4.69) is 83.0 Å². The van der Waals surface area contributed by atoms with E-state index in [4.69, 9.17) is 37.5 Å². The maximum Gasteiger partial charge on any atom is 0.280 e. The minimum absolute atomic E-state index is 0.000200. The topological polar surface area (TPSA) is 180 Å². The van der Waals surface area contributed by atoms with Crippen molar-refractivity contribution < 1.29 is 42.3 Å². The Labute approximate surface area is 334 Å². The number of nitro benzene ring substituents is 1. The highest BCUT2D eigenvalue weighted by molar-refractivity contribution is 6.74. The number of carbonyl (C=O) groups is 1. The summed E-state index contributed by atoms with van der Waals surface area (Å²) in [7, 11) is -4.39. The zero-order chi connectivity index (χ0) is 41.5. The molecule has 1 amide bonds. The Bertz CT molecular complexity index is 2100. The van der Waals surface area contributed by atoms with Crippen molar-refractivity contribution in [1.29, 1.82) is 0 Å². The predicted octanol–water partition coefficient (Wildman–Crippen LogP) is 8.32. The Hall–Kier alpha value is -4.63. The summed E-state index contributed by atoms with van der Waals surface area (Å²) in [6, 6.07) is 11.8. The number of para-hydroxylation sites is 1. The quantitative estimate of drug-likeness (QED) is 0.0729. The number of rotatable bonds is 14. The van der Waals surface area contributed by atoms with Crippen LogP contribution in [0.15, 0.2) is 48.8 Å². The summed E-state index contributed by atoms with van der Waals surface area (Å²) >= 11 is 0. The maximum absolute atomic E-state index is 13.2. The molecule has 2 aromatic heterocycles. The van der Waals surface area contributed by atoms with Gasteiger partial charge < -0.3 is 32.5 Å². The molecule has 0 spiro atoms. The van der Waals surface area contributed by atoms with Crippen molar-refractivity contribution in [2.45, 2.75) is 116 Å². The maximum atomic E-state index is 13.2. The van der Waals surface area contributed by atoms with Crippen LogP contribution in [-0.2, 0) is 18.4 Å². The molecule has 1 unspecified atom stereocenters. The number of nitrogens with one attached hydrogen (secondary N) is 1. The van der Waals surface area contributed by atoms with Crippen molar-refractivity contribution in [2.24, 2.45) is 0 Å². The molecule has 0 aliphatic carbocycles. The average molecular weight is 823 g/mol. The van der Waals surface area contributed by atoms with Crippen LogP contribution >= 0.6 is 0 Å². The number of amides is 1. The van der Waals surface area contributed by atoms with Crippen LogP contribution in [0.5, 0.6) is 23.1 Å². The first kappa shape index (κ1) is 42.0. The van der Waals surface area contributed by atoms with Gasteiger partial charge in [-0.1, -0.05) is 59.7 Å². The molecule has 1 fully saturated rings. The minimum atomic E-state index is -2.25. The Morgan fingerprint density at radius 3 is 2.33 bits per heavy atom. The SMILES string of the molecule is CC(Oc1nc(NC(=O)COc2ccccc2)nc2c1ncn2[C@H]1C[C@H](O[Si](C)(C)C(C)(C)C)[C@@H](CO[Si](C)(C)C(C)(C)C)O1)c1cc2c(cc1[N+](=O)[O-])OCO2. The summed E-state index contributed by atoms with van der Waals surface area (Å²) in [5.74, 6) is 0.529.